The summed E-state index contributed by atoms with van der Waals surface area (Å²) in [7, 11) is -3.81. The Hall–Kier alpha value is -2.37. The lowest BCUT2D eigenvalue weighted by Crippen LogP contribution is -2.15. The van der Waals surface area contributed by atoms with Gasteiger partial charge >= 0.3 is 0 Å². The number of imidazole rings is 1. The van der Waals surface area contributed by atoms with E-state index in [0.29, 0.717) is 16.4 Å². The lowest BCUT2D eigenvalue weighted by molar-refractivity contribution is -0.113. The van der Waals surface area contributed by atoms with Crippen LogP contribution in [0.3, 0.4) is 0 Å². The molecule has 3 rings (SSSR count). The molecule has 29 heavy (non-hydrogen) atoms. The fourth-order valence-corrected chi connectivity index (χ4v) is 4.32. The van der Waals surface area contributed by atoms with Crippen LogP contribution in [0.2, 0.25) is 0 Å². The van der Waals surface area contributed by atoms with E-state index in [2.05, 4.69) is 27.4 Å². The van der Waals surface area contributed by atoms with Crippen LogP contribution in [0.25, 0.3) is 11.0 Å². The molecule has 11 heteroatoms. The second kappa shape index (κ2) is 8.56. The summed E-state index contributed by atoms with van der Waals surface area (Å²) < 4.78 is 25.3. The number of hydrogen-bond donors (Lipinski definition) is 3. The largest absolute Gasteiger partial charge is 0.322 e. The molecule has 0 radical (unpaired) electrons. The van der Waals surface area contributed by atoms with Gasteiger partial charge in [0.2, 0.25) is 15.9 Å². The molecule has 0 aliphatic rings. The fraction of sp³-hybridized carbons (Fsp3) is 0.389. The van der Waals surface area contributed by atoms with Crippen LogP contribution < -0.4 is 10.5 Å². The molecular weight excluding hydrogens is 412 g/mol. The van der Waals surface area contributed by atoms with Crippen molar-refractivity contribution >= 4 is 44.4 Å². The van der Waals surface area contributed by atoms with E-state index in [0.717, 1.165) is 36.3 Å². The van der Waals surface area contributed by atoms with Crippen molar-refractivity contribution in [3.63, 3.8) is 0 Å². The second-order valence-corrected chi connectivity index (χ2v) is 9.24. The van der Waals surface area contributed by atoms with Crippen LogP contribution in [0.1, 0.15) is 31.2 Å². The molecule has 0 fully saturated rings. The first kappa shape index (κ1) is 21.3. The summed E-state index contributed by atoms with van der Waals surface area (Å²) in [4.78, 5) is 17.0. The van der Waals surface area contributed by atoms with Gasteiger partial charge in [-0.3, -0.25) is 9.89 Å². The zero-order valence-corrected chi connectivity index (χ0v) is 18.2. The molecule has 2 heterocycles. The fourth-order valence-electron chi connectivity index (χ4n) is 2.95. The van der Waals surface area contributed by atoms with Crippen LogP contribution in [0, 0.1) is 13.8 Å². The normalized spacial score (nSPS) is 11.9. The average molecular weight is 437 g/mol. The van der Waals surface area contributed by atoms with Crippen LogP contribution in [0.15, 0.2) is 28.3 Å². The highest BCUT2D eigenvalue weighted by atomic mass is 32.2. The van der Waals surface area contributed by atoms with Crippen LogP contribution in [-0.4, -0.2) is 39.8 Å². The predicted molar refractivity (Wildman–Crippen MR) is 113 cm³/mol. The quantitative estimate of drug-likeness (QED) is 0.464. The van der Waals surface area contributed by atoms with Gasteiger partial charge in [-0.15, -0.1) is 0 Å². The Morgan fingerprint density at radius 3 is 2.72 bits per heavy atom. The molecular formula is C18H24N6O3S2. The Morgan fingerprint density at radius 2 is 2.10 bits per heavy atom. The molecule has 4 N–H and O–H groups in total. The summed E-state index contributed by atoms with van der Waals surface area (Å²) in [5.41, 5.74) is 3.57. The highest BCUT2D eigenvalue weighted by molar-refractivity contribution is 7.99. The maximum Gasteiger partial charge on any atom is 0.238 e. The topological polar surface area (TPSA) is 136 Å². The van der Waals surface area contributed by atoms with Crippen LogP contribution in [-0.2, 0) is 21.4 Å². The number of nitrogens with two attached hydrogens (primary N) is 1. The number of anilines is 1. The highest BCUT2D eigenvalue weighted by Crippen LogP contribution is 2.27. The van der Waals surface area contributed by atoms with Gasteiger partial charge in [-0.05, 0) is 38.5 Å². The number of aromatic nitrogens is 4. The zero-order chi connectivity index (χ0) is 21.2. The van der Waals surface area contributed by atoms with E-state index in [1.807, 2.05) is 18.4 Å². The molecule has 1 aromatic carbocycles. The molecule has 0 aliphatic carbocycles. The number of fused-ring (bicyclic) bond motifs is 1. The molecule has 9 nitrogen and oxygen atoms in total. The maximum atomic E-state index is 12.4. The number of H-pyrrole nitrogens is 1. The van der Waals surface area contributed by atoms with E-state index in [4.69, 9.17) is 5.14 Å². The Morgan fingerprint density at radius 1 is 1.34 bits per heavy atom. The number of benzene rings is 1. The molecule has 0 atom stereocenters. The number of sulfonamides is 1. The Bertz CT molecular complexity index is 1130. The van der Waals surface area contributed by atoms with E-state index < -0.39 is 10.0 Å². The first-order valence-electron chi connectivity index (χ1n) is 9.18. The van der Waals surface area contributed by atoms with Gasteiger partial charge in [0.1, 0.15) is 0 Å². The molecule has 0 spiro atoms. The third-order valence-electron chi connectivity index (χ3n) is 4.47. The van der Waals surface area contributed by atoms with Gasteiger partial charge in [0, 0.05) is 6.54 Å². The Balaban J connectivity index is 1.84. The smallest absolute Gasteiger partial charge is 0.238 e. The van der Waals surface area contributed by atoms with Gasteiger partial charge in [0.05, 0.1) is 38.8 Å². The Labute approximate surface area is 173 Å². The number of aryl methyl sites for hydroxylation is 3. The van der Waals surface area contributed by atoms with E-state index in [9.17, 15) is 13.2 Å². The predicted octanol–water partition coefficient (Wildman–Crippen LogP) is 2.55. The summed E-state index contributed by atoms with van der Waals surface area (Å²) in [5.74, 6) is 0.00332. The van der Waals surface area contributed by atoms with Gasteiger partial charge in [0.25, 0.3) is 0 Å². The number of carbonyl (C=O) groups excluding carboxylic acids is 1. The van der Waals surface area contributed by atoms with Gasteiger partial charge in [-0.1, -0.05) is 25.1 Å². The molecule has 0 aliphatic heterocycles. The van der Waals surface area contributed by atoms with Crippen molar-refractivity contribution in [1.82, 2.24) is 19.7 Å². The average Bonchev–Trinajstić information content (AvgIpc) is 3.17. The van der Waals surface area contributed by atoms with Gasteiger partial charge in [0.15, 0.2) is 5.16 Å². The maximum absolute atomic E-state index is 12.4. The minimum Gasteiger partial charge on any atom is -0.322 e. The van der Waals surface area contributed by atoms with Crippen molar-refractivity contribution in [3.05, 3.63) is 29.6 Å². The molecule has 0 saturated carbocycles. The third-order valence-corrected chi connectivity index (χ3v) is 6.36. The molecule has 2 aromatic heterocycles. The number of hydrogen-bond acceptors (Lipinski definition) is 6. The van der Waals surface area contributed by atoms with Crippen molar-refractivity contribution in [2.45, 2.75) is 50.2 Å². The molecule has 3 aromatic rings. The van der Waals surface area contributed by atoms with Crippen LogP contribution in [0.4, 0.5) is 5.69 Å². The van der Waals surface area contributed by atoms with Crippen molar-refractivity contribution in [2.75, 3.05) is 11.1 Å². The zero-order valence-electron chi connectivity index (χ0n) is 16.5. The SMILES string of the molecule is CCCCn1c(SCC(=O)Nc2c(C)n[nH]c2C)nc2cc(S(N)(=O)=O)ccc21. The third kappa shape index (κ3) is 4.80. The van der Waals surface area contributed by atoms with E-state index in [1.165, 1.54) is 23.9 Å². The first-order valence-corrected chi connectivity index (χ1v) is 11.7. The van der Waals surface area contributed by atoms with E-state index in [-0.39, 0.29) is 16.6 Å². The lowest BCUT2D eigenvalue weighted by atomic mass is 10.3. The monoisotopic (exact) mass is 436 g/mol. The number of amides is 1. The minimum absolute atomic E-state index is 0.0188. The van der Waals surface area contributed by atoms with Gasteiger partial charge in [-0.25, -0.2) is 18.5 Å². The van der Waals surface area contributed by atoms with E-state index in [1.54, 1.807) is 6.07 Å². The number of aromatic amines is 1. The van der Waals surface area contributed by atoms with Crippen molar-refractivity contribution < 1.29 is 13.2 Å². The number of nitrogens with one attached hydrogen (secondary N) is 2. The molecule has 1 amide bonds. The van der Waals surface area contributed by atoms with Crippen LogP contribution in [0.5, 0.6) is 0 Å². The molecule has 0 saturated heterocycles. The Kier molecular flexibility index (Phi) is 6.30. The molecule has 0 bridgehead atoms. The standard InChI is InChI=1S/C18H24N6O3S2/c1-4-5-8-24-15-7-6-13(29(19,26)27)9-14(15)20-18(24)28-10-16(25)21-17-11(2)22-23-12(17)3/h6-7,9H,4-5,8,10H2,1-3H3,(H,21,25)(H,22,23)(H2,19,26,27). The van der Waals surface area contributed by atoms with Gasteiger partial charge < -0.3 is 9.88 Å². The van der Waals surface area contributed by atoms with Crippen molar-refractivity contribution in [1.29, 1.82) is 0 Å². The summed E-state index contributed by atoms with van der Waals surface area (Å²) >= 11 is 1.31. The summed E-state index contributed by atoms with van der Waals surface area (Å²) in [6.07, 6.45) is 1.94. The van der Waals surface area contributed by atoms with Gasteiger partial charge in [-0.2, -0.15) is 5.10 Å². The molecule has 0 unspecified atom stereocenters. The van der Waals surface area contributed by atoms with Crippen molar-refractivity contribution in [3.8, 4) is 0 Å². The molecule has 156 valence electrons. The lowest BCUT2D eigenvalue weighted by Gasteiger charge is -2.09. The summed E-state index contributed by atoms with van der Waals surface area (Å²) in [6.45, 7) is 6.48. The number of thioether (sulfide) groups is 1. The number of primary sulfonamides is 1. The summed E-state index contributed by atoms with van der Waals surface area (Å²) in [6, 6.07) is 4.66. The number of rotatable bonds is 8. The number of unbranched alkanes of at least 4 members (excludes halogenated alkanes) is 1. The van der Waals surface area contributed by atoms with Crippen LogP contribution >= 0.6 is 11.8 Å². The minimum atomic E-state index is -3.81. The number of nitrogens with zero attached hydrogens (tertiary/aromatic N) is 3. The first-order chi connectivity index (χ1) is 13.7. The number of carbonyl (C=O) groups is 1. The second-order valence-electron chi connectivity index (χ2n) is 6.74. The van der Waals surface area contributed by atoms with E-state index >= 15 is 0 Å². The summed E-state index contributed by atoms with van der Waals surface area (Å²) in [5, 5.41) is 15.7. The van der Waals surface area contributed by atoms with Crippen molar-refractivity contribution in [2.24, 2.45) is 5.14 Å². The highest BCUT2D eigenvalue weighted by Gasteiger charge is 2.17.